The molecule has 2 unspecified atom stereocenters. The molecule has 6 amide bonds. The van der Waals surface area contributed by atoms with Crippen LogP contribution in [0.3, 0.4) is 0 Å². The third-order valence-corrected chi connectivity index (χ3v) is 6.62. The van der Waals surface area contributed by atoms with Crippen molar-refractivity contribution < 1.29 is 24.0 Å². The van der Waals surface area contributed by atoms with Gasteiger partial charge >= 0.3 is 6.03 Å². The quantitative estimate of drug-likeness (QED) is 0.412. The minimum Gasteiger partial charge on any atom is -0.351 e. The molecule has 0 bridgehead atoms. The van der Waals surface area contributed by atoms with Gasteiger partial charge in [-0.15, -0.1) is 0 Å². The van der Waals surface area contributed by atoms with Gasteiger partial charge in [-0.1, -0.05) is 36.7 Å². The van der Waals surface area contributed by atoms with Crippen LogP contribution in [0.5, 0.6) is 0 Å². The number of imide groups is 2. The van der Waals surface area contributed by atoms with E-state index in [-0.39, 0.29) is 30.5 Å². The first-order valence-corrected chi connectivity index (χ1v) is 12.1. The number of urea groups is 1. The van der Waals surface area contributed by atoms with Crippen molar-refractivity contribution in [2.45, 2.75) is 38.6 Å². The van der Waals surface area contributed by atoms with Crippen LogP contribution in [0.15, 0.2) is 54.2 Å². The number of nitrogens with zero attached hydrogens (tertiary/aromatic N) is 1. The fraction of sp³-hybridized carbons (Fsp3) is 0.269. The topological polar surface area (TPSA) is 137 Å². The summed E-state index contributed by atoms with van der Waals surface area (Å²) in [4.78, 5) is 62.1. The molecular weight excluding hydrogens is 498 g/mol. The normalized spacial score (nSPS) is 18.3. The van der Waals surface area contributed by atoms with Crippen LogP contribution in [0.2, 0.25) is 5.02 Å². The fourth-order valence-electron chi connectivity index (χ4n) is 4.09. The lowest BCUT2D eigenvalue weighted by atomic mass is 10.0. The summed E-state index contributed by atoms with van der Waals surface area (Å²) in [7, 11) is 0. The monoisotopic (exact) mass is 523 g/mol. The van der Waals surface area contributed by atoms with E-state index in [1.54, 1.807) is 24.3 Å². The molecule has 0 aromatic heterocycles. The second kappa shape index (κ2) is 10.8. The number of aryl methyl sites for hydroxylation is 1. The van der Waals surface area contributed by atoms with Crippen molar-refractivity contribution >= 4 is 52.6 Å². The smallest absolute Gasteiger partial charge is 0.319 e. The molecule has 11 heteroatoms. The van der Waals surface area contributed by atoms with Crippen molar-refractivity contribution in [1.82, 2.24) is 15.5 Å². The Hall–Kier alpha value is -4.18. The van der Waals surface area contributed by atoms with Gasteiger partial charge in [0.25, 0.3) is 11.8 Å². The summed E-state index contributed by atoms with van der Waals surface area (Å²) in [5.74, 6) is -2.40. The van der Waals surface area contributed by atoms with Crippen molar-refractivity contribution in [2.75, 3.05) is 17.2 Å². The lowest BCUT2D eigenvalue weighted by Gasteiger charge is -2.28. The van der Waals surface area contributed by atoms with E-state index in [1.807, 2.05) is 32.0 Å². The van der Waals surface area contributed by atoms with E-state index in [1.165, 1.54) is 0 Å². The Morgan fingerprint density at radius 1 is 1.14 bits per heavy atom. The number of rotatable bonds is 7. The Labute approximate surface area is 218 Å². The Morgan fingerprint density at radius 3 is 2.65 bits per heavy atom. The minimum absolute atomic E-state index is 0.0359. The summed E-state index contributed by atoms with van der Waals surface area (Å²) in [6.07, 6.45) is 1.29. The van der Waals surface area contributed by atoms with Gasteiger partial charge in [0, 0.05) is 35.4 Å². The Balaban J connectivity index is 1.35. The highest BCUT2D eigenvalue weighted by Crippen LogP contribution is 2.25. The second-order valence-electron chi connectivity index (χ2n) is 8.99. The zero-order chi connectivity index (χ0) is 26.7. The number of benzene rings is 2. The van der Waals surface area contributed by atoms with E-state index in [2.05, 4.69) is 21.3 Å². The molecule has 2 aliphatic rings. The summed E-state index contributed by atoms with van der Waals surface area (Å²) < 4.78 is 0. The molecule has 0 spiro atoms. The summed E-state index contributed by atoms with van der Waals surface area (Å²) >= 11 is 6.10. The van der Waals surface area contributed by atoms with Crippen LogP contribution in [-0.2, 0) is 19.2 Å². The van der Waals surface area contributed by atoms with E-state index in [9.17, 15) is 24.0 Å². The summed E-state index contributed by atoms with van der Waals surface area (Å²) in [5.41, 5.74) is 3.00. The number of nitrogens with one attached hydrogen (secondary N) is 4. The van der Waals surface area contributed by atoms with Gasteiger partial charge in [0.15, 0.2) is 0 Å². The highest BCUT2D eigenvalue weighted by Gasteiger charge is 2.42. The van der Waals surface area contributed by atoms with Crippen LogP contribution in [0.25, 0.3) is 0 Å². The molecule has 4 N–H and O–H groups in total. The second-order valence-corrected chi connectivity index (χ2v) is 9.40. The lowest BCUT2D eigenvalue weighted by Crippen LogP contribution is -2.54. The van der Waals surface area contributed by atoms with E-state index < -0.39 is 29.7 Å². The van der Waals surface area contributed by atoms with Crippen LogP contribution < -0.4 is 21.3 Å². The van der Waals surface area contributed by atoms with Gasteiger partial charge in [-0.3, -0.25) is 29.4 Å². The summed E-state index contributed by atoms with van der Waals surface area (Å²) in [6, 6.07) is 11.1. The van der Waals surface area contributed by atoms with Gasteiger partial charge in [0.2, 0.25) is 11.8 Å². The average Bonchev–Trinajstić information content (AvgIpc) is 3.12. The summed E-state index contributed by atoms with van der Waals surface area (Å²) in [6.45, 7) is 4.16. The molecule has 0 radical (unpaired) electrons. The maximum Gasteiger partial charge on any atom is 0.319 e. The number of anilines is 2. The van der Waals surface area contributed by atoms with Crippen LogP contribution in [0.1, 0.15) is 36.8 Å². The van der Waals surface area contributed by atoms with Crippen LogP contribution in [0, 0.1) is 6.92 Å². The first-order chi connectivity index (χ1) is 17.6. The highest BCUT2D eigenvalue weighted by molar-refractivity contribution is 6.31. The molecule has 2 aromatic carbocycles. The Bertz CT molecular complexity index is 1320. The predicted octanol–water partition coefficient (Wildman–Crippen LogP) is 3.04. The SMILES string of the molecule is Cc1ccc(NC(=O)NCC(C)c2cccc(NC3=CC(=O)N(C4CCC(=O)NC4=O)C3=O)c2)cc1Cl. The molecule has 192 valence electrons. The van der Waals surface area contributed by atoms with Gasteiger partial charge in [0.1, 0.15) is 11.7 Å². The zero-order valence-electron chi connectivity index (χ0n) is 20.3. The average molecular weight is 524 g/mol. The van der Waals surface area contributed by atoms with E-state index >= 15 is 0 Å². The summed E-state index contributed by atoms with van der Waals surface area (Å²) in [5, 5.41) is 11.3. The molecule has 0 saturated carbocycles. The number of halogens is 1. The molecule has 1 fully saturated rings. The number of hydrogen-bond donors (Lipinski definition) is 4. The fourth-order valence-corrected chi connectivity index (χ4v) is 4.27. The number of amides is 6. The van der Waals surface area contributed by atoms with E-state index in [0.717, 1.165) is 22.1 Å². The number of carbonyl (C=O) groups is 5. The van der Waals surface area contributed by atoms with Crippen molar-refractivity contribution in [3.8, 4) is 0 Å². The number of hydrogen-bond acceptors (Lipinski definition) is 6. The Kier molecular flexibility index (Phi) is 7.58. The largest absolute Gasteiger partial charge is 0.351 e. The maximum absolute atomic E-state index is 12.9. The van der Waals surface area contributed by atoms with Crippen molar-refractivity contribution in [1.29, 1.82) is 0 Å². The minimum atomic E-state index is -1.02. The van der Waals surface area contributed by atoms with E-state index in [4.69, 9.17) is 11.6 Å². The molecule has 2 aliphatic heterocycles. The third-order valence-electron chi connectivity index (χ3n) is 6.21. The van der Waals surface area contributed by atoms with Crippen molar-refractivity contribution in [2.24, 2.45) is 0 Å². The molecule has 0 aliphatic carbocycles. The maximum atomic E-state index is 12.9. The molecule has 2 heterocycles. The van der Waals surface area contributed by atoms with Gasteiger partial charge in [0.05, 0.1) is 0 Å². The van der Waals surface area contributed by atoms with Crippen LogP contribution in [-0.4, -0.2) is 47.1 Å². The van der Waals surface area contributed by atoms with Crippen molar-refractivity contribution in [3.05, 3.63) is 70.4 Å². The third kappa shape index (κ3) is 5.97. The standard InChI is InChI=1S/C26H26ClN5O5/c1-14-6-7-18(11-19(14)27)30-26(37)28-13-15(2)16-4-3-5-17(10-16)29-20-12-23(34)32(25(20)36)21-8-9-22(33)31-24(21)35/h3-7,10-12,15,21,29H,8-9,13H2,1-2H3,(H2,28,30,37)(H,31,33,35). The predicted molar refractivity (Wildman–Crippen MR) is 138 cm³/mol. The molecule has 4 rings (SSSR count). The van der Waals surface area contributed by atoms with E-state index in [0.29, 0.717) is 22.9 Å². The van der Waals surface area contributed by atoms with Gasteiger partial charge in [-0.25, -0.2) is 4.79 Å². The van der Waals surface area contributed by atoms with Crippen molar-refractivity contribution in [3.63, 3.8) is 0 Å². The molecule has 2 aromatic rings. The molecule has 37 heavy (non-hydrogen) atoms. The first kappa shape index (κ1) is 25.9. The molecular formula is C26H26ClN5O5. The number of carbonyl (C=O) groups excluding carboxylic acids is 5. The molecule has 10 nitrogen and oxygen atoms in total. The number of piperidine rings is 1. The van der Waals surface area contributed by atoms with Crippen LogP contribution in [0.4, 0.5) is 16.2 Å². The molecule has 2 atom stereocenters. The van der Waals surface area contributed by atoms with Crippen LogP contribution >= 0.6 is 11.6 Å². The Morgan fingerprint density at radius 2 is 1.92 bits per heavy atom. The van der Waals surface area contributed by atoms with Gasteiger partial charge < -0.3 is 16.0 Å². The van der Waals surface area contributed by atoms with Gasteiger partial charge in [-0.05, 0) is 54.7 Å². The first-order valence-electron chi connectivity index (χ1n) is 11.7. The zero-order valence-corrected chi connectivity index (χ0v) is 21.0. The highest BCUT2D eigenvalue weighted by atomic mass is 35.5. The molecule has 1 saturated heterocycles. The lowest BCUT2D eigenvalue weighted by molar-refractivity contribution is -0.149. The van der Waals surface area contributed by atoms with Gasteiger partial charge in [-0.2, -0.15) is 0 Å².